The molecule has 3 aromatic rings. The minimum atomic E-state index is -3.55. The summed E-state index contributed by atoms with van der Waals surface area (Å²) in [5.41, 5.74) is 0.539. The van der Waals surface area contributed by atoms with E-state index in [9.17, 15) is 21.6 Å². The van der Waals surface area contributed by atoms with Crippen molar-refractivity contribution in [2.75, 3.05) is 38.3 Å². The molecule has 0 N–H and O–H groups in total. The highest BCUT2D eigenvalue weighted by Crippen LogP contribution is 2.33. The summed E-state index contributed by atoms with van der Waals surface area (Å²) in [7, 11) is -3.31. The molecular formula is C22H28ClN3O5S3. The number of anilines is 1. The number of para-hydroxylation sites is 1. The summed E-state index contributed by atoms with van der Waals surface area (Å²) < 4.78 is 50.3. The van der Waals surface area contributed by atoms with E-state index < -0.39 is 30.8 Å². The lowest BCUT2D eigenvalue weighted by Crippen LogP contribution is -2.36. The number of thiazole rings is 1. The molecular weight excluding hydrogens is 518 g/mol. The maximum absolute atomic E-state index is 13.5. The van der Waals surface area contributed by atoms with Gasteiger partial charge in [-0.1, -0.05) is 23.5 Å². The monoisotopic (exact) mass is 545 g/mol. The number of nitrogens with zero attached hydrogens (tertiary/aromatic N) is 3. The van der Waals surface area contributed by atoms with Gasteiger partial charge >= 0.3 is 0 Å². The van der Waals surface area contributed by atoms with Crippen LogP contribution >= 0.6 is 23.7 Å². The van der Waals surface area contributed by atoms with Crippen molar-refractivity contribution < 1.29 is 21.6 Å². The van der Waals surface area contributed by atoms with E-state index in [1.807, 2.05) is 19.0 Å². The third-order valence-corrected chi connectivity index (χ3v) is 9.37. The molecule has 0 saturated heterocycles. The highest BCUT2D eigenvalue weighted by Gasteiger charge is 2.26. The largest absolute Gasteiger partial charge is 0.308 e. The van der Waals surface area contributed by atoms with E-state index in [2.05, 4.69) is 4.98 Å². The first-order valence-corrected chi connectivity index (χ1v) is 14.5. The summed E-state index contributed by atoms with van der Waals surface area (Å²) in [6.45, 7) is 4.01. The molecule has 1 heterocycles. The first-order valence-electron chi connectivity index (χ1n) is 10.2. The van der Waals surface area contributed by atoms with E-state index in [0.717, 1.165) is 6.26 Å². The van der Waals surface area contributed by atoms with Crippen LogP contribution in [0.4, 0.5) is 5.13 Å². The van der Waals surface area contributed by atoms with Crippen molar-refractivity contribution in [3.8, 4) is 0 Å². The van der Waals surface area contributed by atoms with Gasteiger partial charge in [-0.3, -0.25) is 9.69 Å². The zero-order valence-corrected chi connectivity index (χ0v) is 22.8. The molecule has 186 valence electrons. The Morgan fingerprint density at radius 3 is 2.26 bits per heavy atom. The Kier molecular flexibility index (Phi) is 8.87. The van der Waals surface area contributed by atoms with Gasteiger partial charge in [-0.05, 0) is 58.3 Å². The van der Waals surface area contributed by atoms with Gasteiger partial charge in [0.1, 0.15) is 5.52 Å². The highest BCUT2D eigenvalue weighted by atomic mass is 35.5. The summed E-state index contributed by atoms with van der Waals surface area (Å²) in [6, 6.07) is 10.9. The molecule has 0 radical (unpaired) electrons. The molecule has 0 bridgehead atoms. The number of hydrogen-bond acceptors (Lipinski definition) is 8. The fourth-order valence-corrected chi connectivity index (χ4v) is 6.16. The molecule has 0 aliphatic heterocycles. The second-order valence-corrected chi connectivity index (χ2v) is 13.8. The summed E-state index contributed by atoms with van der Waals surface area (Å²) >= 11 is 1.22. The Balaban J connectivity index is 0.00000408. The topological polar surface area (TPSA) is 105 Å². The maximum Gasteiger partial charge on any atom is 0.260 e. The van der Waals surface area contributed by atoms with Crippen molar-refractivity contribution >= 4 is 64.7 Å². The number of carbonyl (C=O) groups is 1. The Hall–Kier alpha value is -2.05. The lowest BCUT2D eigenvalue weighted by molar-refractivity contribution is 0.0985. The smallest absolute Gasteiger partial charge is 0.260 e. The van der Waals surface area contributed by atoms with Gasteiger partial charge in [-0.25, -0.2) is 21.8 Å². The minimum Gasteiger partial charge on any atom is -0.308 e. The second-order valence-electron chi connectivity index (χ2n) is 8.25. The molecule has 0 unspecified atom stereocenters. The number of halogens is 1. The van der Waals surface area contributed by atoms with Crippen molar-refractivity contribution in [2.24, 2.45) is 0 Å². The van der Waals surface area contributed by atoms with Crippen molar-refractivity contribution in [3.63, 3.8) is 0 Å². The maximum atomic E-state index is 13.5. The van der Waals surface area contributed by atoms with Crippen LogP contribution in [0, 0.1) is 0 Å². The van der Waals surface area contributed by atoms with Crippen molar-refractivity contribution in [1.82, 2.24) is 9.88 Å². The number of likely N-dealkylation sites (N-methyl/N-ethyl adjacent to an activating group) is 1. The normalized spacial score (nSPS) is 12.2. The van der Waals surface area contributed by atoms with E-state index in [1.165, 1.54) is 34.4 Å². The third-order valence-electron chi connectivity index (χ3n) is 5.05. The van der Waals surface area contributed by atoms with Gasteiger partial charge in [0.2, 0.25) is 0 Å². The molecule has 0 fully saturated rings. The fraction of sp³-hybridized carbons (Fsp3) is 0.364. The molecule has 8 nitrogen and oxygen atoms in total. The Morgan fingerprint density at radius 2 is 1.68 bits per heavy atom. The molecule has 2 aromatic carbocycles. The molecule has 1 aromatic heterocycles. The van der Waals surface area contributed by atoms with Crippen LogP contribution in [0.1, 0.15) is 24.2 Å². The van der Waals surface area contributed by atoms with Crippen molar-refractivity contribution in [1.29, 1.82) is 0 Å². The number of rotatable bonds is 8. The molecule has 3 rings (SSSR count). The molecule has 1 amide bonds. The lowest BCUT2D eigenvalue weighted by Gasteiger charge is -2.22. The molecule has 0 saturated carbocycles. The average Bonchev–Trinajstić information content (AvgIpc) is 3.16. The zero-order chi connectivity index (χ0) is 24.6. The van der Waals surface area contributed by atoms with Crippen LogP contribution in [0.2, 0.25) is 0 Å². The summed E-state index contributed by atoms with van der Waals surface area (Å²) in [5, 5.41) is -0.267. The van der Waals surface area contributed by atoms with Crippen LogP contribution in [-0.4, -0.2) is 71.3 Å². The molecule has 0 spiro atoms. The molecule has 0 aliphatic rings. The van der Waals surface area contributed by atoms with Gasteiger partial charge in [0, 0.05) is 24.9 Å². The van der Waals surface area contributed by atoms with Crippen LogP contribution in [-0.2, 0) is 19.7 Å². The summed E-state index contributed by atoms with van der Waals surface area (Å²) in [6.07, 6.45) is 1.12. The Morgan fingerprint density at radius 1 is 1.03 bits per heavy atom. The SMILES string of the molecule is CC(C)S(=O)(=O)c1cccc(C(=O)N(CCN(C)C)c2nc3c(S(C)(=O)=O)cccc3s2)c1.Cl. The fourth-order valence-electron chi connectivity index (χ4n) is 3.14. The van der Waals surface area contributed by atoms with E-state index in [4.69, 9.17) is 0 Å². The highest BCUT2D eigenvalue weighted by molar-refractivity contribution is 7.92. The number of fused-ring (bicyclic) bond motifs is 1. The van der Waals surface area contributed by atoms with Gasteiger partial charge in [-0.2, -0.15) is 0 Å². The standard InChI is InChI=1S/C22H27N3O5S3.ClH/c1-15(2)33(29,30)17-9-6-8-16(14-17)21(26)25(13-12-24(3)4)22-23-20-18(31-22)10-7-11-19(20)32(5,27)28;/h6-11,14-15H,12-13H2,1-5H3;1H. The molecule has 0 aliphatic carbocycles. The van der Waals surface area contributed by atoms with Gasteiger partial charge < -0.3 is 4.90 Å². The van der Waals surface area contributed by atoms with Crippen LogP contribution in [0.25, 0.3) is 10.2 Å². The van der Waals surface area contributed by atoms with Gasteiger partial charge in [-0.15, -0.1) is 12.4 Å². The van der Waals surface area contributed by atoms with Crippen LogP contribution in [0.3, 0.4) is 0 Å². The number of aromatic nitrogens is 1. The quantitative estimate of drug-likeness (QED) is 0.426. The molecule has 0 atom stereocenters. The third kappa shape index (κ3) is 5.95. The average molecular weight is 546 g/mol. The first-order chi connectivity index (χ1) is 15.3. The van der Waals surface area contributed by atoms with E-state index >= 15 is 0 Å². The summed E-state index contributed by atoms with van der Waals surface area (Å²) in [5.74, 6) is -0.405. The van der Waals surface area contributed by atoms with Crippen LogP contribution in [0.15, 0.2) is 52.3 Å². The molecule has 34 heavy (non-hydrogen) atoms. The van der Waals surface area contributed by atoms with E-state index in [1.54, 1.807) is 38.1 Å². The Bertz CT molecular complexity index is 1400. The van der Waals surface area contributed by atoms with Crippen LogP contribution in [0.5, 0.6) is 0 Å². The van der Waals surface area contributed by atoms with Gasteiger partial charge in [0.25, 0.3) is 5.91 Å². The number of carbonyl (C=O) groups excluding carboxylic acids is 1. The number of sulfone groups is 2. The Labute approximate surface area is 210 Å². The van der Waals surface area contributed by atoms with Crippen molar-refractivity contribution in [3.05, 3.63) is 48.0 Å². The predicted molar refractivity (Wildman–Crippen MR) is 139 cm³/mol. The number of benzene rings is 2. The lowest BCUT2D eigenvalue weighted by atomic mass is 10.2. The number of amides is 1. The second kappa shape index (κ2) is 10.7. The van der Waals surface area contributed by atoms with E-state index in [-0.39, 0.29) is 27.8 Å². The van der Waals surface area contributed by atoms with Gasteiger partial charge in [0.05, 0.1) is 19.7 Å². The van der Waals surface area contributed by atoms with Crippen LogP contribution < -0.4 is 4.90 Å². The predicted octanol–water partition coefficient (Wildman–Crippen LogP) is 3.51. The van der Waals surface area contributed by atoms with Gasteiger partial charge in [0.15, 0.2) is 24.8 Å². The molecule has 12 heteroatoms. The van der Waals surface area contributed by atoms with Crippen molar-refractivity contribution in [2.45, 2.75) is 28.9 Å². The number of hydrogen-bond donors (Lipinski definition) is 0. The van der Waals surface area contributed by atoms with E-state index in [0.29, 0.717) is 28.4 Å². The first kappa shape index (κ1) is 28.2. The summed E-state index contributed by atoms with van der Waals surface area (Å²) in [4.78, 5) is 21.6. The zero-order valence-electron chi connectivity index (χ0n) is 19.5. The minimum absolute atomic E-state index is 0.